The number of carbonyl (C=O) groups is 2. The van der Waals surface area contributed by atoms with E-state index in [0.717, 1.165) is 22.3 Å². The van der Waals surface area contributed by atoms with E-state index in [9.17, 15) is 14.0 Å². The summed E-state index contributed by atoms with van der Waals surface area (Å²) < 4.78 is 19.1. The van der Waals surface area contributed by atoms with Gasteiger partial charge in [-0.25, -0.2) is 4.39 Å². The first-order valence-electron chi connectivity index (χ1n) is 13.0. The van der Waals surface area contributed by atoms with Crippen LogP contribution in [0, 0.1) is 5.82 Å². The highest BCUT2D eigenvalue weighted by Crippen LogP contribution is 2.19. The van der Waals surface area contributed by atoms with E-state index in [0.29, 0.717) is 18.6 Å². The van der Waals surface area contributed by atoms with Crippen molar-refractivity contribution in [2.24, 2.45) is 0 Å². The average Bonchev–Trinajstić information content (AvgIpc) is 2.98. The van der Waals surface area contributed by atoms with Crippen molar-refractivity contribution < 1.29 is 18.7 Å². The van der Waals surface area contributed by atoms with E-state index in [4.69, 9.17) is 4.74 Å². The van der Waals surface area contributed by atoms with Crippen LogP contribution in [0.4, 0.5) is 4.39 Å². The number of halogens is 1. The molecule has 0 aromatic heterocycles. The maximum absolute atomic E-state index is 13.8. The van der Waals surface area contributed by atoms with Gasteiger partial charge >= 0.3 is 0 Å². The zero-order chi connectivity index (χ0) is 27.5. The number of amides is 2. The van der Waals surface area contributed by atoms with E-state index < -0.39 is 6.04 Å². The molecular weight excluding hydrogens is 491 g/mol. The van der Waals surface area contributed by atoms with Crippen molar-refractivity contribution in [3.63, 3.8) is 0 Å². The van der Waals surface area contributed by atoms with Crippen LogP contribution in [0.5, 0.6) is 5.75 Å². The fourth-order valence-electron chi connectivity index (χ4n) is 4.53. The van der Waals surface area contributed by atoms with Crippen molar-refractivity contribution in [2.75, 3.05) is 7.11 Å². The minimum atomic E-state index is -0.768. The van der Waals surface area contributed by atoms with Gasteiger partial charge in [0.2, 0.25) is 11.8 Å². The Labute approximate surface area is 229 Å². The van der Waals surface area contributed by atoms with Crippen LogP contribution in [0.15, 0.2) is 109 Å². The van der Waals surface area contributed by atoms with Crippen molar-refractivity contribution in [1.29, 1.82) is 0 Å². The van der Waals surface area contributed by atoms with Gasteiger partial charge in [0.1, 0.15) is 17.6 Å². The molecule has 0 aliphatic heterocycles. The van der Waals surface area contributed by atoms with Crippen LogP contribution >= 0.6 is 0 Å². The number of ether oxygens (including phenoxy) is 1. The lowest BCUT2D eigenvalue weighted by molar-refractivity contribution is -0.141. The molecule has 0 fully saturated rings. The average molecular weight is 525 g/mol. The molecule has 39 heavy (non-hydrogen) atoms. The number of nitrogens with zero attached hydrogens (tertiary/aromatic N) is 1. The number of para-hydroxylation sites is 1. The van der Waals surface area contributed by atoms with Gasteiger partial charge in [0, 0.05) is 31.5 Å². The third kappa shape index (κ3) is 8.01. The Bertz CT molecular complexity index is 1340. The van der Waals surface area contributed by atoms with Crippen LogP contribution in [0.1, 0.15) is 28.7 Å². The number of nitrogens with one attached hydrogen (secondary N) is 1. The number of methoxy groups -OCH3 is 1. The molecule has 0 saturated heterocycles. The van der Waals surface area contributed by atoms with E-state index in [1.165, 1.54) is 12.1 Å². The summed E-state index contributed by atoms with van der Waals surface area (Å²) in [6, 6.07) is 32.2. The smallest absolute Gasteiger partial charge is 0.243 e. The van der Waals surface area contributed by atoms with E-state index >= 15 is 0 Å². The third-order valence-corrected chi connectivity index (χ3v) is 6.65. The fraction of sp³-hybridized carbons (Fsp3) is 0.212. The molecule has 4 aromatic rings. The molecule has 1 atom stereocenters. The molecule has 1 N–H and O–H groups in total. The highest BCUT2D eigenvalue weighted by atomic mass is 19.1. The Hall–Kier alpha value is -4.45. The summed E-state index contributed by atoms with van der Waals surface area (Å²) >= 11 is 0. The summed E-state index contributed by atoms with van der Waals surface area (Å²) in [7, 11) is 1.59. The van der Waals surface area contributed by atoms with Gasteiger partial charge in [0.25, 0.3) is 0 Å². The largest absolute Gasteiger partial charge is 0.496 e. The normalized spacial score (nSPS) is 11.4. The Balaban J connectivity index is 1.61. The zero-order valence-electron chi connectivity index (χ0n) is 22.1. The summed E-state index contributed by atoms with van der Waals surface area (Å²) in [5.74, 6) is -0.0768. The highest BCUT2D eigenvalue weighted by Gasteiger charge is 2.30. The molecule has 0 radical (unpaired) electrons. The lowest BCUT2D eigenvalue weighted by Crippen LogP contribution is -2.50. The van der Waals surface area contributed by atoms with Gasteiger partial charge in [-0.05, 0) is 41.3 Å². The number of benzene rings is 4. The first kappa shape index (κ1) is 27.6. The number of hydrogen-bond donors (Lipinski definition) is 1. The Morgan fingerprint density at radius 2 is 1.41 bits per heavy atom. The van der Waals surface area contributed by atoms with Gasteiger partial charge in [0.15, 0.2) is 0 Å². The van der Waals surface area contributed by atoms with Crippen LogP contribution in [0.3, 0.4) is 0 Å². The number of rotatable bonds is 12. The quantitative estimate of drug-likeness (QED) is 0.258. The maximum Gasteiger partial charge on any atom is 0.243 e. The molecule has 5 nitrogen and oxygen atoms in total. The second-order valence-electron chi connectivity index (χ2n) is 9.37. The third-order valence-electron chi connectivity index (χ3n) is 6.65. The molecule has 0 bridgehead atoms. The fourth-order valence-corrected chi connectivity index (χ4v) is 4.53. The van der Waals surface area contributed by atoms with Gasteiger partial charge in [-0.1, -0.05) is 91.0 Å². The summed E-state index contributed by atoms with van der Waals surface area (Å²) in [6.45, 7) is 0.449. The van der Waals surface area contributed by atoms with Gasteiger partial charge in [-0.15, -0.1) is 0 Å². The Morgan fingerprint density at radius 1 is 0.795 bits per heavy atom. The van der Waals surface area contributed by atoms with Crippen LogP contribution in [-0.2, 0) is 35.5 Å². The molecule has 0 aliphatic carbocycles. The Morgan fingerprint density at radius 3 is 2.08 bits per heavy atom. The van der Waals surface area contributed by atoms with Crippen molar-refractivity contribution in [3.05, 3.63) is 137 Å². The van der Waals surface area contributed by atoms with Gasteiger partial charge < -0.3 is 15.0 Å². The molecule has 0 unspecified atom stereocenters. The molecule has 2 amide bonds. The first-order chi connectivity index (χ1) is 19.0. The molecule has 0 heterocycles. The molecule has 0 aliphatic rings. The highest BCUT2D eigenvalue weighted by molar-refractivity contribution is 5.88. The van der Waals surface area contributed by atoms with Gasteiger partial charge in [0.05, 0.1) is 7.11 Å². The second kappa shape index (κ2) is 13.9. The van der Waals surface area contributed by atoms with Crippen LogP contribution in [0.2, 0.25) is 0 Å². The SMILES string of the molecule is COc1ccccc1CNC(=O)[C@H](Cc1ccccc1)N(Cc1ccc(F)cc1)C(=O)CCc1ccccc1. The molecular formula is C33H33FN2O3. The van der Waals surface area contributed by atoms with Gasteiger partial charge in [-0.2, -0.15) is 0 Å². The van der Waals surface area contributed by atoms with E-state index in [2.05, 4.69) is 5.32 Å². The molecule has 4 aromatic carbocycles. The number of carbonyl (C=O) groups excluding carboxylic acids is 2. The van der Waals surface area contributed by atoms with E-state index in [-0.39, 0.29) is 37.1 Å². The van der Waals surface area contributed by atoms with Crippen LogP contribution < -0.4 is 10.1 Å². The monoisotopic (exact) mass is 524 g/mol. The minimum absolute atomic E-state index is 0.142. The number of aryl methyl sites for hydroxylation is 1. The van der Waals surface area contributed by atoms with E-state index in [1.807, 2.05) is 84.9 Å². The van der Waals surface area contributed by atoms with Gasteiger partial charge in [-0.3, -0.25) is 9.59 Å². The predicted molar refractivity (Wildman–Crippen MR) is 150 cm³/mol. The standard InChI is InChI=1S/C33H33FN2O3/c1-39-31-15-9-8-14-28(31)23-35-33(38)30(22-26-12-6-3-7-13-26)36(24-27-16-19-29(34)20-17-27)32(37)21-18-25-10-4-2-5-11-25/h2-17,19-20,30H,18,21-24H2,1H3,(H,35,38)/t30-/m0/s1. The lowest BCUT2D eigenvalue weighted by Gasteiger charge is -2.32. The van der Waals surface area contributed by atoms with Crippen LogP contribution in [0.25, 0.3) is 0 Å². The van der Waals surface area contributed by atoms with Crippen molar-refractivity contribution in [2.45, 2.75) is 38.4 Å². The minimum Gasteiger partial charge on any atom is -0.496 e. The van der Waals surface area contributed by atoms with Crippen molar-refractivity contribution in [1.82, 2.24) is 10.2 Å². The maximum atomic E-state index is 13.8. The lowest BCUT2D eigenvalue weighted by atomic mass is 10.0. The second-order valence-corrected chi connectivity index (χ2v) is 9.37. The Kier molecular flexibility index (Phi) is 9.84. The predicted octanol–water partition coefficient (Wildman–Crippen LogP) is 5.72. The first-order valence-corrected chi connectivity index (χ1v) is 13.0. The summed E-state index contributed by atoms with van der Waals surface area (Å²) in [6.07, 6.45) is 1.15. The summed E-state index contributed by atoms with van der Waals surface area (Å²) in [5.41, 5.74) is 3.58. The molecule has 4 rings (SSSR count). The molecule has 6 heteroatoms. The van der Waals surface area contributed by atoms with Crippen molar-refractivity contribution >= 4 is 11.8 Å². The molecule has 200 valence electrons. The summed E-state index contributed by atoms with van der Waals surface area (Å²) in [4.78, 5) is 29.2. The van der Waals surface area contributed by atoms with Crippen LogP contribution in [-0.4, -0.2) is 29.9 Å². The van der Waals surface area contributed by atoms with E-state index in [1.54, 1.807) is 24.1 Å². The molecule has 0 saturated carbocycles. The zero-order valence-corrected chi connectivity index (χ0v) is 22.1. The van der Waals surface area contributed by atoms with Crippen molar-refractivity contribution in [3.8, 4) is 5.75 Å². The number of hydrogen-bond acceptors (Lipinski definition) is 3. The molecule has 0 spiro atoms. The summed E-state index contributed by atoms with van der Waals surface area (Å²) in [5, 5.41) is 3.03. The topological polar surface area (TPSA) is 58.6 Å².